The van der Waals surface area contributed by atoms with E-state index >= 15 is 0 Å². The van der Waals surface area contributed by atoms with E-state index in [4.69, 9.17) is 14.3 Å². The fourth-order valence-corrected chi connectivity index (χ4v) is 3.73. The molecule has 31 heavy (non-hydrogen) atoms. The van der Waals surface area contributed by atoms with Gasteiger partial charge in [-0.3, -0.25) is 4.99 Å². The zero-order valence-electron chi connectivity index (χ0n) is 18.9. The molecule has 7 nitrogen and oxygen atoms in total. The van der Waals surface area contributed by atoms with Crippen molar-refractivity contribution in [3.8, 4) is 11.5 Å². The fourth-order valence-electron chi connectivity index (χ4n) is 3.73. The van der Waals surface area contributed by atoms with Crippen LogP contribution in [0.4, 0.5) is 0 Å². The van der Waals surface area contributed by atoms with Gasteiger partial charge in [0.05, 0.1) is 0 Å². The second kappa shape index (κ2) is 13.0. The first-order valence-electron chi connectivity index (χ1n) is 11.1. The third kappa shape index (κ3) is 7.45. The van der Waals surface area contributed by atoms with E-state index in [-0.39, 0.29) is 24.0 Å². The number of aliphatic imine (C=N–C) groups is 1. The Morgan fingerprint density at radius 2 is 1.97 bits per heavy atom. The van der Waals surface area contributed by atoms with Crippen LogP contribution in [0.3, 0.4) is 0 Å². The number of aryl methyl sites for hydroxylation is 1. The Morgan fingerprint density at radius 3 is 2.55 bits per heavy atom. The van der Waals surface area contributed by atoms with Crippen LogP contribution in [0.1, 0.15) is 50.9 Å². The van der Waals surface area contributed by atoms with Crippen molar-refractivity contribution in [2.75, 3.05) is 33.4 Å². The number of hydrogen-bond donors (Lipinski definition) is 2. The summed E-state index contributed by atoms with van der Waals surface area (Å²) in [5.41, 5.74) is 2.55. The van der Waals surface area contributed by atoms with E-state index in [1.54, 1.807) is 7.11 Å². The minimum absolute atomic E-state index is 0. The molecule has 1 heterocycles. The van der Waals surface area contributed by atoms with Gasteiger partial charge in [0.1, 0.15) is 0 Å². The number of nitrogens with one attached hydrogen (secondary N) is 2. The molecule has 1 aromatic carbocycles. The molecule has 8 heteroatoms. The van der Waals surface area contributed by atoms with Crippen molar-refractivity contribution in [1.82, 2.24) is 20.8 Å². The number of methoxy groups -OCH3 is 1. The van der Waals surface area contributed by atoms with E-state index in [0.29, 0.717) is 11.3 Å². The first-order chi connectivity index (χ1) is 14.7. The monoisotopic (exact) mass is 541 g/mol. The molecule has 0 amide bonds. The van der Waals surface area contributed by atoms with Gasteiger partial charge in [0.25, 0.3) is 5.89 Å². The van der Waals surface area contributed by atoms with Crippen molar-refractivity contribution in [2.24, 2.45) is 10.4 Å². The molecule has 0 bridgehead atoms. The first-order valence-corrected chi connectivity index (χ1v) is 11.1. The van der Waals surface area contributed by atoms with Crippen molar-refractivity contribution in [1.29, 1.82) is 0 Å². The van der Waals surface area contributed by atoms with Gasteiger partial charge in [0.2, 0.25) is 0 Å². The van der Waals surface area contributed by atoms with Crippen molar-refractivity contribution >= 4 is 29.9 Å². The Bertz CT molecular complexity index is 803. The minimum atomic E-state index is 0. The summed E-state index contributed by atoms with van der Waals surface area (Å²) in [4.78, 5) is 9.25. The summed E-state index contributed by atoms with van der Waals surface area (Å²) in [5, 5.41) is 10.8. The molecule has 172 valence electrons. The summed E-state index contributed by atoms with van der Waals surface area (Å²) < 4.78 is 10.6. The summed E-state index contributed by atoms with van der Waals surface area (Å²) in [5.74, 6) is 2.21. The highest BCUT2D eigenvalue weighted by Gasteiger charge is 2.36. The third-order valence-electron chi connectivity index (χ3n) is 5.86. The minimum Gasteiger partial charge on any atom is -0.385 e. The Balaban J connectivity index is 0.00000341. The molecule has 1 aliphatic carbocycles. The van der Waals surface area contributed by atoms with Gasteiger partial charge < -0.3 is 19.9 Å². The topological polar surface area (TPSA) is 84.6 Å². The zero-order valence-corrected chi connectivity index (χ0v) is 21.3. The summed E-state index contributed by atoms with van der Waals surface area (Å²) >= 11 is 0. The van der Waals surface area contributed by atoms with E-state index in [1.165, 1.54) is 24.8 Å². The van der Waals surface area contributed by atoms with Crippen LogP contribution in [0.2, 0.25) is 0 Å². The number of benzene rings is 1. The molecule has 0 unspecified atom stereocenters. The van der Waals surface area contributed by atoms with Crippen molar-refractivity contribution in [3.63, 3.8) is 0 Å². The van der Waals surface area contributed by atoms with Crippen molar-refractivity contribution in [2.45, 2.75) is 52.4 Å². The largest absolute Gasteiger partial charge is 0.385 e. The van der Waals surface area contributed by atoms with Gasteiger partial charge in [0, 0.05) is 45.3 Å². The predicted molar refractivity (Wildman–Crippen MR) is 135 cm³/mol. The summed E-state index contributed by atoms with van der Waals surface area (Å²) in [7, 11) is 1.78. The second-order valence-electron chi connectivity index (χ2n) is 8.03. The SMILES string of the molecule is CCNC(=NCC1(CCOC)CCC1)NCCc1ccc(-c2nc(CC)no2)cc1.I. The number of ether oxygens (including phenoxy) is 1. The number of aromatic nitrogens is 2. The molecule has 2 aromatic rings. The normalized spacial score (nSPS) is 15.1. The van der Waals surface area contributed by atoms with E-state index in [9.17, 15) is 0 Å². The Morgan fingerprint density at radius 1 is 1.19 bits per heavy atom. The van der Waals surface area contributed by atoms with Crippen molar-refractivity contribution in [3.05, 3.63) is 35.7 Å². The van der Waals surface area contributed by atoms with Gasteiger partial charge in [-0.15, -0.1) is 24.0 Å². The molecule has 0 atom stereocenters. The zero-order chi connectivity index (χ0) is 21.2. The molecular weight excluding hydrogens is 505 g/mol. The van der Waals surface area contributed by atoms with Crippen LogP contribution in [0.25, 0.3) is 11.5 Å². The Hall–Kier alpha value is -1.68. The third-order valence-corrected chi connectivity index (χ3v) is 5.86. The lowest BCUT2D eigenvalue weighted by Gasteiger charge is -2.40. The van der Waals surface area contributed by atoms with Crippen LogP contribution >= 0.6 is 24.0 Å². The highest BCUT2D eigenvalue weighted by atomic mass is 127. The number of hydrogen-bond acceptors (Lipinski definition) is 5. The highest BCUT2D eigenvalue weighted by Crippen LogP contribution is 2.44. The number of guanidine groups is 1. The predicted octanol–water partition coefficient (Wildman–Crippen LogP) is 4.22. The summed E-state index contributed by atoms with van der Waals surface area (Å²) in [6.07, 6.45) is 6.61. The molecule has 1 aromatic heterocycles. The van der Waals surface area contributed by atoms with E-state index < -0.39 is 0 Å². The standard InChI is InChI=1S/C23H35N5O2.HI/c1-4-20-27-21(30-28-20)19-9-7-18(8-10-19)11-15-25-22(24-5-2)26-17-23(12-6-13-23)14-16-29-3;/h7-10H,4-6,11-17H2,1-3H3,(H2,24,25,26);1H. The maximum Gasteiger partial charge on any atom is 0.257 e. The Kier molecular flexibility index (Phi) is 10.7. The van der Waals surface area contributed by atoms with Crippen LogP contribution in [-0.2, 0) is 17.6 Å². The molecular formula is C23H36IN5O2. The van der Waals surface area contributed by atoms with Crippen LogP contribution < -0.4 is 10.6 Å². The van der Waals surface area contributed by atoms with Crippen LogP contribution in [0.5, 0.6) is 0 Å². The maximum absolute atomic E-state index is 5.31. The lowest BCUT2D eigenvalue weighted by atomic mass is 9.67. The lowest BCUT2D eigenvalue weighted by molar-refractivity contribution is 0.0778. The molecule has 3 rings (SSSR count). The average Bonchev–Trinajstić information content (AvgIpc) is 3.22. The van der Waals surface area contributed by atoms with Crippen molar-refractivity contribution < 1.29 is 9.26 Å². The first kappa shape index (κ1) is 25.6. The molecule has 0 saturated heterocycles. The Labute approximate surface area is 202 Å². The van der Waals surface area contributed by atoms with E-state index in [1.807, 2.05) is 19.1 Å². The maximum atomic E-state index is 5.31. The van der Waals surface area contributed by atoms with Gasteiger partial charge in [-0.25, -0.2) is 0 Å². The smallest absolute Gasteiger partial charge is 0.257 e. The number of halogens is 1. The number of rotatable bonds is 11. The molecule has 1 aliphatic rings. The lowest BCUT2D eigenvalue weighted by Crippen LogP contribution is -2.41. The molecule has 1 fully saturated rings. The molecule has 0 aliphatic heterocycles. The number of nitrogens with zero attached hydrogens (tertiary/aromatic N) is 3. The van der Waals surface area contributed by atoms with E-state index in [0.717, 1.165) is 62.9 Å². The second-order valence-corrected chi connectivity index (χ2v) is 8.03. The van der Waals surface area contributed by atoms with Gasteiger partial charge >= 0.3 is 0 Å². The summed E-state index contributed by atoms with van der Waals surface area (Å²) in [6.45, 7) is 7.48. The highest BCUT2D eigenvalue weighted by molar-refractivity contribution is 14.0. The summed E-state index contributed by atoms with van der Waals surface area (Å²) in [6, 6.07) is 8.31. The quantitative estimate of drug-likeness (QED) is 0.252. The van der Waals surface area contributed by atoms with Crippen LogP contribution in [0.15, 0.2) is 33.8 Å². The fraction of sp³-hybridized carbons (Fsp3) is 0.609. The van der Waals surface area contributed by atoms with Crippen LogP contribution in [0, 0.1) is 5.41 Å². The molecule has 0 spiro atoms. The van der Waals surface area contributed by atoms with Gasteiger partial charge in [-0.1, -0.05) is 30.6 Å². The van der Waals surface area contributed by atoms with Gasteiger partial charge in [-0.2, -0.15) is 4.98 Å². The van der Waals surface area contributed by atoms with Gasteiger partial charge in [-0.05, 0) is 55.7 Å². The molecule has 2 N–H and O–H groups in total. The average molecular weight is 541 g/mol. The van der Waals surface area contributed by atoms with E-state index in [2.05, 4.69) is 39.8 Å². The van der Waals surface area contributed by atoms with Gasteiger partial charge in [0.15, 0.2) is 11.8 Å². The molecule has 0 radical (unpaired) electrons. The van der Waals surface area contributed by atoms with Crippen LogP contribution in [-0.4, -0.2) is 49.5 Å². The molecule has 1 saturated carbocycles.